The average Bonchev–Trinajstić information content (AvgIpc) is 3.42. The Labute approximate surface area is 169 Å². The van der Waals surface area contributed by atoms with E-state index < -0.39 is 15.9 Å². The summed E-state index contributed by atoms with van der Waals surface area (Å²) in [5, 5.41) is 38.1. The second kappa shape index (κ2) is 5.62. The molecule has 5 atom stereocenters. The molecule has 2 bridgehead atoms. The first-order valence-electron chi connectivity index (χ1n) is 10.7. The molecule has 1 aromatic rings. The van der Waals surface area contributed by atoms with Crippen LogP contribution in [0, 0.1) is 16.0 Å². The molecule has 29 heavy (non-hydrogen) atoms. The van der Waals surface area contributed by atoms with Crippen molar-refractivity contribution in [2.45, 2.75) is 67.7 Å². The van der Waals surface area contributed by atoms with E-state index in [-0.39, 0.29) is 29.6 Å². The van der Waals surface area contributed by atoms with E-state index in [1.807, 2.05) is 7.05 Å². The van der Waals surface area contributed by atoms with Crippen LogP contribution >= 0.6 is 0 Å². The fourth-order valence-electron chi connectivity index (χ4n) is 7.01. The monoisotopic (exact) mass is 401 g/mol. The minimum absolute atomic E-state index is 0.0303. The molecule has 1 saturated heterocycles. The number of aliphatic hydroxyl groups is 1. The molecule has 156 valence electrons. The zero-order valence-electron chi connectivity index (χ0n) is 16.6. The number of hydrogen-bond donors (Lipinski definition) is 3. The van der Waals surface area contributed by atoms with Crippen molar-refractivity contribution in [3.8, 4) is 11.5 Å². The molecule has 0 aromatic heterocycles. The molecule has 2 aliphatic heterocycles. The molecule has 0 amide bonds. The van der Waals surface area contributed by atoms with Crippen LogP contribution in [0.5, 0.6) is 11.5 Å². The number of likely N-dealkylation sites (N-methyl/N-ethyl adjacent to an activating group) is 1. The van der Waals surface area contributed by atoms with Crippen LogP contribution in [-0.4, -0.2) is 64.0 Å². The molecule has 3 N–H and O–H groups in total. The molecule has 2 saturated carbocycles. The molecule has 8 nitrogen and oxygen atoms in total. The number of rotatable bonds is 4. The number of piperidine rings is 1. The summed E-state index contributed by atoms with van der Waals surface area (Å²) in [4.78, 5) is 13.8. The number of nitro benzene ring substituents is 1. The standard InChI is InChI=1S/C21H27N3O5/c1-22-13-4-5-21(26)16-8-12-14(24(27)28)9-15(25)18-17(12)20(21,19(13)29-18)6-7-23(16)10-11-2-3-11/h9,11,13,16,19,22,25-26H,2-8,10H2,1H3/t13-,16-,19+,20+,21-/m1/s1. The van der Waals surface area contributed by atoms with E-state index in [1.165, 1.54) is 18.9 Å². The maximum Gasteiger partial charge on any atom is 0.276 e. The van der Waals surface area contributed by atoms with Crippen molar-refractivity contribution in [3.05, 3.63) is 27.3 Å². The van der Waals surface area contributed by atoms with Gasteiger partial charge in [0.25, 0.3) is 5.69 Å². The number of ether oxygens (including phenoxy) is 1. The molecule has 1 aromatic carbocycles. The van der Waals surface area contributed by atoms with Gasteiger partial charge >= 0.3 is 0 Å². The lowest BCUT2D eigenvalue weighted by molar-refractivity contribution is -0.386. The zero-order valence-corrected chi connectivity index (χ0v) is 16.6. The topological polar surface area (TPSA) is 108 Å². The fourth-order valence-corrected chi connectivity index (χ4v) is 7.01. The first kappa shape index (κ1) is 17.9. The van der Waals surface area contributed by atoms with Crippen LogP contribution in [0.3, 0.4) is 0 Å². The Morgan fingerprint density at radius 1 is 1.38 bits per heavy atom. The lowest BCUT2D eigenvalue weighted by Gasteiger charge is -2.64. The van der Waals surface area contributed by atoms with Gasteiger partial charge in [0.2, 0.25) is 0 Å². The lowest BCUT2D eigenvalue weighted by Crippen LogP contribution is -2.78. The van der Waals surface area contributed by atoms with Gasteiger partial charge in [-0.1, -0.05) is 0 Å². The number of aromatic hydroxyl groups is 1. The average molecular weight is 401 g/mol. The number of phenols is 1. The van der Waals surface area contributed by atoms with Crippen molar-refractivity contribution in [1.29, 1.82) is 0 Å². The highest BCUT2D eigenvalue weighted by Crippen LogP contribution is 2.66. The Bertz CT molecular complexity index is 918. The highest BCUT2D eigenvalue weighted by molar-refractivity contribution is 5.68. The molecule has 8 heteroatoms. The van der Waals surface area contributed by atoms with Gasteiger partial charge in [-0.2, -0.15) is 0 Å². The van der Waals surface area contributed by atoms with Crippen LogP contribution in [0.2, 0.25) is 0 Å². The van der Waals surface area contributed by atoms with E-state index in [4.69, 9.17) is 4.74 Å². The third kappa shape index (κ3) is 2.04. The molecular weight excluding hydrogens is 374 g/mol. The van der Waals surface area contributed by atoms with E-state index in [0.717, 1.165) is 19.5 Å². The molecule has 5 aliphatic rings. The number of hydrogen-bond acceptors (Lipinski definition) is 7. The van der Waals surface area contributed by atoms with Crippen LogP contribution in [0.25, 0.3) is 0 Å². The second-order valence-electron chi connectivity index (χ2n) is 9.63. The molecule has 3 aliphatic carbocycles. The number of phenolic OH excluding ortho intramolecular Hbond substituents is 1. The Morgan fingerprint density at radius 2 is 2.17 bits per heavy atom. The van der Waals surface area contributed by atoms with E-state index >= 15 is 0 Å². The number of benzene rings is 1. The number of nitrogens with zero attached hydrogens (tertiary/aromatic N) is 2. The lowest BCUT2D eigenvalue weighted by atomic mass is 9.48. The van der Waals surface area contributed by atoms with E-state index in [2.05, 4.69) is 10.2 Å². The largest absolute Gasteiger partial charge is 0.504 e. The van der Waals surface area contributed by atoms with Crippen molar-refractivity contribution in [1.82, 2.24) is 10.2 Å². The first-order valence-corrected chi connectivity index (χ1v) is 10.7. The van der Waals surface area contributed by atoms with Crippen LogP contribution in [0.15, 0.2) is 6.07 Å². The first-order chi connectivity index (χ1) is 13.9. The second-order valence-corrected chi connectivity index (χ2v) is 9.63. The molecular formula is C21H27N3O5. The summed E-state index contributed by atoms with van der Waals surface area (Å²) < 4.78 is 6.33. The predicted molar refractivity (Wildman–Crippen MR) is 104 cm³/mol. The Hall–Kier alpha value is -1.90. The van der Waals surface area contributed by atoms with Crippen molar-refractivity contribution in [3.63, 3.8) is 0 Å². The number of nitro groups is 1. The molecule has 1 spiro atoms. The molecule has 0 radical (unpaired) electrons. The van der Waals surface area contributed by atoms with Gasteiger partial charge in [0.15, 0.2) is 11.5 Å². The van der Waals surface area contributed by atoms with Crippen molar-refractivity contribution >= 4 is 5.69 Å². The quantitative estimate of drug-likeness (QED) is 0.518. The molecule has 2 heterocycles. The van der Waals surface area contributed by atoms with Gasteiger partial charge in [-0.25, -0.2) is 0 Å². The summed E-state index contributed by atoms with van der Waals surface area (Å²) in [5.41, 5.74) is -0.401. The zero-order chi connectivity index (χ0) is 20.1. The molecule has 6 rings (SSSR count). The van der Waals surface area contributed by atoms with Crippen molar-refractivity contribution < 1.29 is 19.9 Å². The normalized spacial score (nSPS) is 39.7. The maximum atomic E-state index is 12.2. The van der Waals surface area contributed by atoms with Gasteiger partial charge in [0, 0.05) is 29.8 Å². The highest BCUT2D eigenvalue weighted by Gasteiger charge is 2.73. The van der Waals surface area contributed by atoms with Crippen LogP contribution < -0.4 is 10.1 Å². The number of nitrogens with one attached hydrogen (secondary N) is 1. The van der Waals surface area contributed by atoms with Gasteiger partial charge in [-0.3, -0.25) is 15.0 Å². The third-order valence-corrected chi connectivity index (χ3v) is 8.44. The summed E-state index contributed by atoms with van der Waals surface area (Å²) in [6.07, 6.45) is 4.66. The summed E-state index contributed by atoms with van der Waals surface area (Å²) in [7, 11) is 1.89. The smallest absolute Gasteiger partial charge is 0.276 e. The van der Waals surface area contributed by atoms with Crippen LogP contribution in [-0.2, 0) is 11.8 Å². The van der Waals surface area contributed by atoms with Crippen molar-refractivity contribution in [2.75, 3.05) is 20.1 Å². The van der Waals surface area contributed by atoms with Gasteiger partial charge in [0.1, 0.15) is 6.10 Å². The molecule has 0 unspecified atom stereocenters. The van der Waals surface area contributed by atoms with Crippen molar-refractivity contribution in [2.24, 2.45) is 5.92 Å². The van der Waals surface area contributed by atoms with E-state index in [1.54, 1.807) is 0 Å². The van der Waals surface area contributed by atoms with Gasteiger partial charge in [-0.15, -0.1) is 0 Å². The SMILES string of the molecule is CN[C@@H]1CC[C@@]2(O)[C@H]3Cc4c([N+](=O)[O-])cc(O)c5c4[C@@]2(CCN3CC2CC2)[C@H]1O5. The van der Waals surface area contributed by atoms with Crippen LogP contribution in [0.1, 0.15) is 43.2 Å². The fraction of sp³-hybridized carbons (Fsp3) is 0.714. The third-order valence-electron chi connectivity index (χ3n) is 8.44. The minimum atomic E-state index is -1.00. The van der Waals surface area contributed by atoms with Gasteiger partial charge in [-0.05, 0) is 58.0 Å². The van der Waals surface area contributed by atoms with Gasteiger partial charge < -0.3 is 20.3 Å². The van der Waals surface area contributed by atoms with Crippen LogP contribution in [0.4, 0.5) is 5.69 Å². The molecule has 3 fully saturated rings. The summed E-state index contributed by atoms with van der Waals surface area (Å²) in [6, 6.07) is 1.12. The summed E-state index contributed by atoms with van der Waals surface area (Å²) in [5.74, 6) is 0.851. The summed E-state index contributed by atoms with van der Waals surface area (Å²) >= 11 is 0. The Kier molecular flexibility index (Phi) is 3.47. The highest BCUT2D eigenvalue weighted by atomic mass is 16.6. The predicted octanol–water partition coefficient (Wildman–Crippen LogP) is 1.45. The number of likely N-dealkylation sites (tertiary alicyclic amines) is 1. The maximum absolute atomic E-state index is 12.2. The van der Waals surface area contributed by atoms with Gasteiger partial charge in [0.05, 0.1) is 22.0 Å². The minimum Gasteiger partial charge on any atom is -0.504 e. The van der Waals surface area contributed by atoms with E-state index in [9.17, 15) is 20.3 Å². The van der Waals surface area contributed by atoms with E-state index in [0.29, 0.717) is 42.1 Å². The summed E-state index contributed by atoms with van der Waals surface area (Å²) in [6.45, 7) is 1.81. The Balaban J connectivity index is 1.60. The Morgan fingerprint density at radius 3 is 2.86 bits per heavy atom.